The van der Waals surface area contributed by atoms with Crippen LogP contribution in [0.1, 0.15) is 38.7 Å². The molecule has 2 N–H and O–H groups in total. The highest BCUT2D eigenvalue weighted by molar-refractivity contribution is 5.95. The lowest BCUT2D eigenvalue weighted by Crippen LogP contribution is -2.18. The summed E-state index contributed by atoms with van der Waals surface area (Å²) in [5, 5.41) is 5.81. The van der Waals surface area contributed by atoms with Crippen LogP contribution in [0.5, 0.6) is 0 Å². The molecule has 0 saturated carbocycles. The Morgan fingerprint density at radius 2 is 2.05 bits per heavy atom. The second kappa shape index (κ2) is 7.25. The van der Waals surface area contributed by atoms with Crippen LogP contribution in [0, 0.1) is 18.8 Å². The monoisotopic (exact) mass is 300 g/mol. The smallest absolute Gasteiger partial charge is 0.226 e. The standard InChI is InChI=1S/C18H24N2O2/c1-12(2)18(22)19-15-9-8-13(3)16(11-15)20-17(21)10-14-6-4-5-7-14/h4,6,8-9,11-12,14H,5,7,10H2,1-3H3,(H,19,22)(H,20,21). The van der Waals surface area contributed by atoms with Crippen LogP contribution in [-0.4, -0.2) is 11.8 Å². The van der Waals surface area contributed by atoms with Crippen molar-refractivity contribution in [1.29, 1.82) is 0 Å². The van der Waals surface area contributed by atoms with E-state index >= 15 is 0 Å². The number of carbonyl (C=O) groups excluding carboxylic acids is 2. The Morgan fingerprint density at radius 1 is 1.27 bits per heavy atom. The van der Waals surface area contributed by atoms with Gasteiger partial charge < -0.3 is 10.6 Å². The van der Waals surface area contributed by atoms with E-state index in [-0.39, 0.29) is 17.7 Å². The van der Waals surface area contributed by atoms with Crippen LogP contribution >= 0.6 is 0 Å². The van der Waals surface area contributed by atoms with E-state index in [1.165, 1.54) is 0 Å². The molecule has 1 unspecified atom stereocenters. The zero-order valence-corrected chi connectivity index (χ0v) is 13.5. The molecule has 0 radical (unpaired) electrons. The maximum atomic E-state index is 12.1. The van der Waals surface area contributed by atoms with E-state index in [0.29, 0.717) is 18.0 Å². The van der Waals surface area contributed by atoms with E-state index in [1.54, 1.807) is 0 Å². The van der Waals surface area contributed by atoms with Crippen molar-refractivity contribution in [3.63, 3.8) is 0 Å². The molecular formula is C18H24N2O2. The number of hydrogen-bond acceptors (Lipinski definition) is 2. The topological polar surface area (TPSA) is 58.2 Å². The molecular weight excluding hydrogens is 276 g/mol. The summed E-state index contributed by atoms with van der Waals surface area (Å²) in [7, 11) is 0. The zero-order chi connectivity index (χ0) is 16.1. The molecule has 0 aliphatic heterocycles. The molecule has 2 rings (SSSR count). The van der Waals surface area contributed by atoms with Crippen molar-refractivity contribution >= 4 is 23.2 Å². The number of amides is 2. The van der Waals surface area contributed by atoms with Crippen molar-refractivity contribution in [3.8, 4) is 0 Å². The number of carbonyl (C=O) groups is 2. The van der Waals surface area contributed by atoms with Gasteiger partial charge in [0.15, 0.2) is 0 Å². The summed E-state index contributed by atoms with van der Waals surface area (Å²) in [5.74, 6) is 0.266. The fraction of sp³-hybridized carbons (Fsp3) is 0.444. The lowest BCUT2D eigenvalue weighted by atomic mass is 10.0. The highest BCUT2D eigenvalue weighted by Crippen LogP contribution is 2.24. The Morgan fingerprint density at radius 3 is 2.68 bits per heavy atom. The van der Waals surface area contributed by atoms with Gasteiger partial charge in [0, 0.05) is 23.7 Å². The Labute approximate surface area is 132 Å². The minimum absolute atomic E-state index is 0.0204. The van der Waals surface area contributed by atoms with Gasteiger partial charge in [-0.3, -0.25) is 9.59 Å². The maximum absolute atomic E-state index is 12.1. The van der Waals surface area contributed by atoms with Crippen molar-refractivity contribution in [2.45, 2.75) is 40.0 Å². The number of anilines is 2. The third-order valence-electron chi connectivity index (χ3n) is 3.86. The van der Waals surface area contributed by atoms with Gasteiger partial charge in [-0.05, 0) is 43.4 Å². The summed E-state index contributed by atoms with van der Waals surface area (Å²) >= 11 is 0. The first kappa shape index (κ1) is 16.3. The normalized spacial score (nSPS) is 16.8. The highest BCUT2D eigenvalue weighted by atomic mass is 16.2. The average Bonchev–Trinajstić information content (AvgIpc) is 2.95. The van der Waals surface area contributed by atoms with E-state index in [9.17, 15) is 9.59 Å². The van der Waals surface area contributed by atoms with Crippen LogP contribution in [0.25, 0.3) is 0 Å². The first-order valence-electron chi connectivity index (χ1n) is 7.83. The number of benzene rings is 1. The van der Waals surface area contributed by atoms with E-state index in [0.717, 1.165) is 24.1 Å². The molecule has 0 bridgehead atoms. The largest absolute Gasteiger partial charge is 0.326 e. The SMILES string of the molecule is Cc1ccc(NC(=O)C(C)C)cc1NC(=O)CC1C=CCC1. The number of hydrogen-bond donors (Lipinski definition) is 2. The summed E-state index contributed by atoms with van der Waals surface area (Å²) in [6.07, 6.45) is 6.88. The van der Waals surface area contributed by atoms with E-state index < -0.39 is 0 Å². The van der Waals surface area contributed by atoms with Gasteiger partial charge in [0.05, 0.1) is 0 Å². The lowest BCUT2D eigenvalue weighted by Gasteiger charge is -2.13. The second-order valence-electron chi connectivity index (χ2n) is 6.19. The molecule has 4 heteroatoms. The minimum Gasteiger partial charge on any atom is -0.326 e. The summed E-state index contributed by atoms with van der Waals surface area (Å²) in [6, 6.07) is 5.57. The second-order valence-corrected chi connectivity index (χ2v) is 6.19. The number of aryl methyl sites for hydroxylation is 1. The van der Waals surface area contributed by atoms with Gasteiger partial charge in [-0.15, -0.1) is 0 Å². The number of rotatable bonds is 5. The van der Waals surface area contributed by atoms with Crippen LogP contribution in [0.4, 0.5) is 11.4 Å². The maximum Gasteiger partial charge on any atom is 0.226 e. The van der Waals surface area contributed by atoms with Crippen LogP contribution in [0.15, 0.2) is 30.4 Å². The van der Waals surface area contributed by atoms with Crippen LogP contribution in [0.3, 0.4) is 0 Å². The Bertz CT molecular complexity index is 591. The van der Waals surface area contributed by atoms with Gasteiger partial charge in [0.1, 0.15) is 0 Å². The van der Waals surface area contributed by atoms with Gasteiger partial charge in [0.2, 0.25) is 11.8 Å². The summed E-state index contributed by atoms with van der Waals surface area (Å²) in [6.45, 7) is 5.64. The summed E-state index contributed by atoms with van der Waals surface area (Å²) < 4.78 is 0. The van der Waals surface area contributed by atoms with E-state index in [2.05, 4.69) is 22.8 Å². The lowest BCUT2D eigenvalue weighted by molar-refractivity contribution is -0.119. The minimum atomic E-state index is -0.0755. The van der Waals surface area contributed by atoms with Crippen LogP contribution in [0.2, 0.25) is 0 Å². The molecule has 0 aromatic heterocycles. The van der Waals surface area contributed by atoms with Crippen LogP contribution in [-0.2, 0) is 9.59 Å². The summed E-state index contributed by atoms with van der Waals surface area (Å²) in [4.78, 5) is 23.9. The molecule has 1 aliphatic carbocycles. The van der Waals surface area contributed by atoms with Crippen molar-refractivity contribution in [3.05, 3.63) is 35.9 Å². The summed E-state index contributed by atoms with van der Waals surface area (Å²) in [5.41, 5.74) is 2.45. The molecule has 0 saturated heterocycles. The molecule has 118 valence electrons. The van der Waals surface area contributed by atoms with Crippen LogP contribution < -0.4 is 10.6 Å². The molecule has 1 atom stereocenters. The fourth-order valence-corrected chi connectivity index (χ4v) is 2.43. The molecule has 1 aromatic rings. The fourth-order valence-electron chi connectivity index (χ4n) is 2.43. The molecule has 0 heterocycles. The first-order chi connectivity index (χ1) is 10.5. The predicted octanol–water partition coefficient (Wildman–Crippen LogP) is 3.88. The van der Waals surface area contributed by atoms with Crippen molar-refractivity contribution in [1.82, 2.24) is 0 Å². The molecule has 1 aliphatic rings. The van der Waals surface area contributed by atoms with Crippen molar-refractivity contribution < 1.29 is 9.59 Å². The third kappa shape index (κ3) is 4.45. The van der Waals surface area contributed by atoms with Crippen molar-refractivity contribution in [2.75, 3.05) is 10.6 Å². The molecule has 4 nitrogen and oxygen atoms in total. The Hall–Kier alpha value is -2.10. The number of allylic oxidation sites excluding steroid dienone is 2. The van der Waals surface area contributed by atoms with Crippen molar-refractivity contribution in [2.24, 2.45) is 11.8 Å². The number of nitrogens with one attached hydrogen (secondary N) is 2. The Balaban J connectivity index is 2.01. The average molecular weight is 300 g/mol. The van der Waals surface area contributed by atoms with E-state index in [4.69, 9.17) is 0 Å². The first-order valence-corrected chi connectivity index (χ1v) is 7.83. The Kier molecular flexibility index (Phi) is 5.36. The molecule has 0 fully saturated rings. The molecule has 2 amide bonds. The highest BCUT2D eigenvalue weighted by Gasteiger charge is 2.15. The van der Waals surface area contributed by atoms with Gasteiger partial charge in [-0.1, -0.05) is 32.1 Å². The van der Waals surface area contributed by atoms with Gasteiger partial charge in [-0.25, -0.2) is 0 Å². The van der Waals surface area contributed by atoms with E-state index in [1.807, 2.05) is 39.0 Å². The molecule has 1 aromatic carbocycles. The zero-order valence-electron chi connectivity index (χ0n) is 13.5. The quantitative estimate of drug-likeness (QED) is 0.811. The molecule has 0 spiro atoms. The molecule has 22 heavy (non-hydrogen) atoms. The third-order valence-corrected chi connectivity index (χ3v) is 3.86. The predicted molar refractivity (Wildman–Crippen MR) is 89.8 cm³/mol. The van der Waals surface area contributed by atoms with Gasteiger partial charge in [0.25, 0.3) is 0 Å². The van der Waals surface area contributed by atoms with Gasteiger partial charge >= 0.3 is 0 Å². The van der Waals surface area contributed by atoms with Gasteiger partial charge in [-0.2, -0.15) is 0 Å².